The minimum atomic E-state index is -0.370. The summed E-state index contributed by atoms with van der Waals surface area (Å²) in [4.78, 5) is 22.9. The molecule has 0 aliphatic carbocycles. The van der Waals surface area contributed by atoms with Crippen molar-refractivity contribution in [1.82, 2.24) is 4.57 Å². The molecule has 15 heavy (non-hydrogen) atoms. The molecular weight excluding hydrogens is 194 g/mol. The number of hydrogen-bond acceptors (Lipinski definition) is 3. The van der Waals surface area contributed by atoms with Crippen LogP contribution < -0.4 is 5.56 Å². The van der Waals surface area contributed by atoms with Gasteiger partial charge in [0.15, 0.2) is 0 Å². The second-order valence-electron chi connectivity index (χ2n) is 3.24. The number of rotatable bonds is 3. The summed E-state index contributed by atoms with van der Waals surface area (Å²) >= 11 is 0. The lowest BCUT2D eigenvalue weighted by Gasteiger charge is -2.08. The van der Waals surface area contributed by atoms with Crippen molar-refractivity contribution in [3.8, 4) is 0 Å². The van der Waals surface area contributed by atoms with Crippen LogP contribution in [0.15, 0.2) is 17.1 Å². The molecule has 0 N–H and O–H groups in total. The van der Waals surface area contributed by atoms with Crippen molar-refractivity contribution in [3.63, 3.8) is 0 Å². The van der Waals surface area contributed by atoms with Crippen LogP contribution in [0.25, 0.3) is 0 Å². The third-order valence-corrected chi connectivity index (χ3v) is 2.19. The van der Waals surface area contributed by atoms with Gasteiger partial charge in [0.2, 0.25) is 0 Å². The number of esters is 1. The van der Waals surface area contributed by atoms with E-state index in [1.165, 1.54) is 16.8 Å². The summed E-state index contributed by atoms with van der Waals surface area (Å²) in [5.41, 5.74) is 1.10. The highest BCUT2D eigenvalue weighted by atomic mass is 16.5. The molecule has 0 atom stereocenters. The summed E-state index contributed by atoms with van der Waals surface area (Å²) in [6.07, 6.45) is 2.17. The highest BCUT2D eigenvalue weighted by molar-refractivity contribution is 5.90. The summed E-state index contributed by atoms with van der Waals surface area (Å²) in [5.74, 6) is -0.370. The molecule has 1 aromatic rings. The van der Waals surface area contributed by atoms with Crippen molar-refractivity contribution >= 4 is 5.97 Å². The van der Waals surface area contributed by atoms with Gasteiger partial charge in [0.25, 0.3) is 5.56 Å². The summed E-state index contributed by atoms with van der Waals surface area (Å²) in [6.45, 7) is 3.99. The Bertz CT molecular complexity index is 420. The van der Waals surface area contributed by atoms with Gasteiger partial charge in [-0.05, 0) is 18.9 Å². The molecule has 0 saturated heterocycles. The molecule has 0 aliphatic rings. The third kappa shape index (κ3) is 2.46. The van der Waals surface area contributed by atoms with Crippen LogP contribution in [0, 0.1) is 0 Å². The van der Waals surface area contributed by atoms with E-state index in [-0.39, 0.29) is 11.5 Å². The molecule has 0 radical (unpaired) electrons. The molecule has 0 amide bonds. The number of aryl methyl sites for hydroxylation is 2. The van der Waals surface area contributed by atoms with Gasteiger partial charge in [0, 0.05) is 19.3 Å². The minimum Gasteiger partial charge on any atom is -0.462 e. The molecule has 0 saturated carbocycles. The van der Waals surface area contributed by atoms with Crippen molar-refractivity contribution in [2.75, 3.05) is 6.61 Å². The molecule has 4 heteroatoms. The van der Waals surface area contributed by atoms with Crippen molar-refractivity contribution in [2.24, 2.45) is 7.05 Å². The number of aromatic nitrogens is 1. The zero-order chi connectivity index (χ0) is 11.4. The summed E-state index contributed by atoms with van der Waals surface area (Å²) < 4.78 is 6.29. The first-order valence-electron chi connectivity index (χ1n) is 4.96. The van der Waals surface area contributed by atoms with E-state index in [2.05, 4.69) is 0 Å². The Labute approximate surface area is 88.5 Å². The summed E-state index contributed by atoms with van der Waals surface area (Å²) in [5, 5.41) is 0. The summed E-state index contributed by atoms with van der Waals surface area (Å²) in [6, 6.07) is 1.48. The van der Waals surface area contributed by atoms with E-state index in [0.717, 1.165) is 5.56 Å². The van der Waals surface area contributed by atoms with E-state index in [1.807, 2.05) is 6.92 Å². The lowest BCUT2D eigenvalue weighted by Crippen LogP contribution is -2.20. The van der Waals surface area contributed by atoms with E-state index >= 15 is 0 Å². The quantitative estimate of drug-likeness (QED) is 0.701. The van der Waals surface area contributed by atoms with Crippen LogP contribution in [-0.2, 0) is 18.2 Å². The highest BCUT2D eigenvalue weighted by Gasteiger charge is 2.12. The zero-order valence-corrected chi connectivity index (χ0v) is 9.24. The lowest BCUT2D eigenvalue weighted by atomic mass is 10.1. The fourth-order valence-corrected chi connectivity index (χ4v) is 1.35. The largest absolute Gasteiger partial charge is 0.462 e. The standard InChI is InChI=1S/C11H15NO3/c1-4-8-6-10(13)12(3)7-9(8)11(14)15-5-2/h6-7H,4-5H2,1-3H3. The van der Waals surface area contributed by atoms with Gasteiger partial charge in [0.05, 0.1) is 12.2 Å². The molecule has 1 rings (SSSR count). The third-order valence-electron chi connectivity index (χ3n) is 2.19. The zero-order valence-electron chi connectivity index (χ0n) is 9.24. The molecule has 0 spiro atoms. The minimum absolute atomic E-state index is 0.111. The number of carbonyl (C=O) groups is 1. The molecule has 4 nitrogen and oxygen atoms in total. The fraction of sp³-hybridized carbons (Fsp3) is 0.455. The topological polar surface area (TPSA) is 48.3 Å². The van der Waals surface area contributed by atoms with E-state index < -0.39 is 0 Å². The Balaban J connectivity index is 3.21. The van der Waals surface area contributed by atoms with Gasteiger partial charge < -0.3 is 9.30 Å². The van der Waals surface area contributed by atoms with E-state index in [4.69, 9.17) is 4.74 Å². The van der Waals surface area contributed by atoms with Gasteiger partial charge in [0.1, 0.15) is 0 Å². The van der Waals surface area contributed by atoms with Crippen LogP contribution in [0.4, 0.5) is 0 Å². The Morgan fingerprint density at radius 3 is 2.67 bits per heavy atom. The Hall–Kier alpha value is -1.58. The number of hydrogen-bond donors (Lipinski definition) is 0. The van der Waals surface area contributed by atoms with E-state index in [9.17, 15) is 9.59 Å². The smallest absolute Gasteiger partial charge is 0.339 e. The number of carbonyl (C=O) groups excluding carboxylic acids is 1. The molecule has 0 fully saturated rings. The normalized spacial score (nSPS) is 10.1. The predicted octanol–water partition coefficient (Wildman–Crippen LogP) is 1.12. The molecule has 1 heterocycles. The first kappa shape index (κ1) is 11.5. The highest BCUT2D eigenvalue weighted by Crippen LogP contribution is 2.08. The summed E-state index contributed by atoms with van der Waals surface area (Å²) in [7, 11) is 1.62. The van der Waals surface area contributed by atoms with Crippen molar-refractivity contribution < 1.29 is 9.53 Å². The maximum absolute atomic E-state index is 11.6. The molecule has 0 aromatic carbocycles. The van der Waals surface area contributed by atoms with Gasteiger partial charge in [-0.3, -0.25) is 4.79 Å². The lowest BCUT2D eigenvalue weighted by molar-refractivity contribution is 0.0524. The molecule has 1 aromatic heterocycles. The van der Waals surface area contributed by atoms with E-state index in [1.54, 1.807) is 14.0 Å². The van der Waals surface area contributed by atoms with Crippen LogP contribution in [0.1, 0.15) is 29.8 Å². The molecule has 82 valence electrons. The van der Waals surface area contributed by atoms with Crippen molar-refractivity contribution in [2.45, 2.75) is 20.3 Å². The predicted molar refractivity (Wildman–Crippen MR) is 57.0 cm³/mol. The maximum atomic E-state index is 11.6. The Kier molecular flexibility index (Phi) is 3.66. The number of pyridine rings is 1. The second-order valence-corrected chi connectivity index (χ2v) is 3.24. The van der Waals surface area contributed by atoms with Crippen LogP contribution in [-0.4, -0.2) is 17.1 Å². The molecule has 0 bridgehead atoms. The van der Waals surface area contributed by atoms with Crippen molar-refractivity contribution in [3.05, 3.63) is 33.7 Å². The fourth-order valence-electron chi connectivity index (χ4n) is 1.35. The van der Waals surface area contributed by atoms with Crippen LogP contribution >= 0.6 is 0 Å². The van der Waals surface area contributed by atoms with Gasteiger partial charge in [-0.25, -0.2) is 4.79 Å². The van der Waals surface area contributed by atoms with Gasteiger partial charge in [-0.1, -0.05) is 6.92 Å². The van der Waals surface area contributed by atoms with Crippen LogP contribution in [0.2, 0.25) is 0 Å². The Morgan fingerprint density at radius 2 is 2.13 bits per heavy atom. The average molecular weight is 209 g/mol. The van der Waals surface area contributed by atoms with Gasteiger partial charge in [-0.15, -0.1) is 0 Å². The van der Waals surface area contributed by atoms with Gasteiger partial charge in [-0.2, -0.15) is 0 Å². The first-order valence-corrected chi connectivity index (χ1v) is 4.96. The molecular formula is C11H15NO3. The average Bonchev–Trinajstić information content (AvgIpc) is 2.21. The monoisotopic (exact) mass is 209 g/mol. The first-order chi connectivity index (χ1) is 7.10. The maximum Gasteiger partial charge on any atom is 0.339 e. The number of nitrogens with zero attached hydrogens (tertiary/aromatic N) is 1. The Morgan fingerprint density at radius 1 is 1.47 bits per heavy atom. The van der Waals surface area contributed by atoms with E-state index in [0.29, 0.717) is 18.6 Å². The van der Waals surface area contributed by atoms with Crippen molar-refractivity contribution in [1.29, 1.82) is 0 Å². The van der Waals surface area contributed by atoms with Gasteiger partial charge >= 0.3 is 5.97 Å². The number of ether oxygens (including phenoxy) is 1. The van der Waals surface area contributed by atoms with Crippen LogP contribution in [0.3, 0.4) is 0 Å². The molecule has 0 unspecified atom stereocenters. The second kappa shape index (κ2) is 4.77. The molecule has 0 aliphatic heterocycles. The van der Waals surface area contributed by atoms with Crippen LogP contribution in [0.5, 0.6) is 0 Å². The SMILES string of the molecule is CCOC(=O)c1cn(C)c(=O)cc1CC.